The average molecular weight is 514 g/mol. The first kappa shape index (κ1) is 27.0. The second-order valence-corrected chi connectivity index (χ2v) is 11.3. The van der Waals surface area contributed by atoms with Crippen LogP contribution < -0.4 is 0 Å². The van der Waals surface area contributed by atoms with Crippen LogP contribution in [0, 0.1) is 11.8 Å². The number of methoxy groups -OCH3 is 1. The quantitative estimate of drug-likeness (QED) is 0.506. The zero-order chi connectivity index (χ0) is 26.7. The molecular weight excluding hydrogens is 474 g/mol. The molecule has 1 aliphatic heterocycles. The van der Waals surface area contributed by atoms with Gasteiger partial charge in [-0.15, -0.1) is 0 Å². The molecule has 2 aliphatic rings. The van der Waals surface area contributed by atoms with Gasteiger partial charge in [0.2, 0.25) is 5.91 Å². The normalized spacial score (nSPS) is 20.2. The number of hydrogen-bond donors (Lipinski definition) is 1. The molecule has 1 aromatic heterocycles. The number of carboxylic acid groups (broad SMARTS) is 1. The first-order valence-corrected chi connectivity index (χ1v) is 13.1. The number of benzene rings is 1. The Morgan fingerprint density at radius 2 is 1.81 bits per heavy atom. The van der Waals surface area contributed by atoms with Crippen LogP contribution in [-0.4, -0.2) is 75.9 Å². The Kier molecular flexibility index (Phi) is 8.11. The highest BCUT2D eigenvalue weighted by atomic mass is 16.6. The van der Waals surface area contributed by atoms with E-state index in [0.29, 0.717) is 13.2 Å². The number of likely N-dealkylation sites (tertiary alicyclic amines) is 1. The first-order chi connectivity index (χ1) is 17.6. The summed E-state index contributed by atoms with van der Waals surface area (Å²) in [7, 11) is 1.70. The lowest BCUT2D eigenvalue weighted by atomic mass is 9.88. The molecule has 4 rings (SSSR count). The highest BCUT2D eigenvalue weighted by molar-refractivity contribution is 5.86. The smallest absolute Gasteiger partial charge is 0.410 e. The molecule has 1 N–H and O–H groups in total. The van der Waals surface area contributed by atoms with Crippen LogP contribution in [0.2, 0.25) is 0 Å². The largest absolute Gasteiger partial charge is 0.481 e. The number of nitrogens with zero attached hydrogens (tertiary/aromatic N) is 3. The fraction of sp³-hybridized carbons (Fsp3) is 0.607. The zero-order valence-corrected chi connectivity index (χ0v) is 22.3. The van der Waals surface area contributed by atoms with Crippen LogP contribution in [0.15, 0.2) is 30.5 Å². The van der Waals surface area contributed by atoms with E-state index < -0.39 is 29.5 Å². The van der Waals surface area contributed by atoms with E-state index in [1.54, 1.807) is 27.9 Å². The molecule has 1 saturated heterocycles. The summed E-state index contributed by atoms with van der Waals surface area (Å²) in [5.74, 6) is -2.47. The number of para-hydroxylation sites is 1. The van der Waals surface area contributed by atoms with E-state index in [0.717, 1.165) is 42.3 Å². The number of piperidine rings is 1. The van der Waals surface area contributed by atoms with Crippen molar-refractivity contribution < 1.29 is 29.0 Å². The van der Waals surface area contributed by atoms with Gasteiger partial charge in [0, 0.05) is 63.0 Å². The molecule has 9 nitrogen and oxygen atoms in total. The van der Waals surface area contributed by atoms with Crippen LogP contribution in [0.4, 0.5) is 4.79 Å². The second-order valence-electron chi connectivity index (χ2n) is 11.3. The van der Waals surface area contributed by atoms with E-state index in [2.05, 4.69) is 22.9 Å². The van der Waals surface area contributed by atoms with E-state index in [1.165, 1.54) is 4.90 Å². The lowest BCUT2D eigenvalue weighted by molar-refractivity contribution is -0.147. The van der Waals surface area contributed by atoms with E-state index in [9.17, 15) is 19.5 Å². The molecule has 37 heavy (non-hydrogen) atoms. The van der Waals surface area contributed by atoms with E-state index >= 15 is 0 Å². The van der Waals surface area contributed by atoms with E-state index in [1.807, 2.05) is 17.0 Å². The Morgan fingerprint density at radius 3 is 2.46 bits per heavy atom. The number of aromatic nitrogens is 1. The molecule has 2 heterocycles. The zero-order valence-electron chi connectivity index (χ0n) is 22.3. The third-order valence-corrected chi connectivity index (χ3v) is 7.03. The third-order valence-electron chi connectivity index (χ3n) is 7.03. The maximum atomic E-state index is 13.9. The Labute approximate surface area is 218 Å². The van der Waals surface area contributed by atoms with Crippen molar-refractivity contribution in [3.63, 3.8) is 0 Å². The number of fused-ring (bicyclic) bond motifs is 1. The molecule has 1 unspecified atom stereocenters. The number of rotatable bonds is 9. The number of hydrogen-bond acceptors (Lipinski definition) is 5. The first-order valence-electron chi connectivity index (χ1n) is 13.1. The number of carbonyl (C=O) groups is 3. The van der Waals surface area contributed by atoms with E-state index in [-0.39, 0.29) is 31.5 Å². The molecule has 1 aromatic carbocycles. The Bertz CT molecular complexity index is 1130. The maximum Gasteiger partial charge on any atom is 0.410 e. The minimum absolute atomic E-state index is 0.0480. The summed E-state index contributed by atoms with van der Waals surface area (Å²) in [5, 5.41) is 10.9. The fourth-order valence-electron chi connectivity index (χ4n) is 5.14. The van der Waals surface area contributed by atoms with Crippen LogP contribution in [0.25, 0.3) is 10.9 Å². The van der Waals surface area contributed by atoms with Gasteiger partial charge in [0.15, 0.2) is 0 Å². The van der Waals surface area contributed by atoms with Crippen molar-refractivity contribution in [1.82, 2.24) is 14.4 Å². The number of aryl methyl sites for hydroxylation is 1. The lowest BCUT2D eigenvalue weighted by Gasteiger charge is -2.38. The molecule has 0 spiro atoms. The van der Waals surface area contributed by atoms with Gasteiger partial charge in [-0.05, 0) is 58.1 Å². The second kappa shape index (κ2) is 11.1. The number of carboxylic acids is 1. The van der Waals surface area contributed by atoms with Crippen molar-refractivity contribution in [2.75, 3.05) is 26.8 Å². The summed E-state index contributed by atoms with van der Waals surface area (Å²) in [6.45, 7) is 7.48. The number of ether oxygens (including phenoxy) is 2. The molecule has 202 valence electrons. The van der Waals surface area contributed by atoms with Gasteiger partial charge >= 0.3 is 12.1 Å². The van der Waals surface area contributed by atoms with Gasteiger partial charge in [-0.25, -0.2) is 4.79 Å². The summed E-state index contributed by atoms with van der Waals surface area (Å²) in [6, 6.07) is 8.33. The Morgan fingerprint density at radius 1 is 1.11 bits per heavy atom. The van der Waals surface area contributed by atoms with Crippen molar-refractivity contribution in [1.29, 1.82) is 0 Å². The van der Waals surface area contributed by atoms with Gasteiger partial charge in [-0.2, -0.15) is 0 Å². The standard InChI is InChI=1S/C28H39N3O6/c1-28(2,3)37-27(35)30-15-19(14-20(16-30)26(33)34)25(32)31(22-10-11-22)18-21-17-29(12-7-13-36-4)24-9-6-5-8-23(21)24/h5-6,8-9,17,19-20,22H,7,10-16,18H2,1-4H3,(H,33,34)/t19-,20?/m1/s1. The molecule has 0 bridgehead atoms. The monoisotopic (exact) mass is 513 g/mol. The molecule has 2 atom stereocenters. The molecule has 1 aliphatic carbocycles. The summed E-state index contributed by atoms with van der Waals surface area (Å²) in [5.41, 5.74) is 1.49. The minimum atomic E-state index is -0.997. The van der Waals surface area contributed by atoms with Crippen molar-refractivity contribution in [2.24, 2.45) is 11.8 Å². The van der Waals surface area contributed by atoms with Crippen molar-refractivity contribution in [2.45, 2.75) is 71.2 Å². The van der Waals surface area contributed by atoms with Gasteiger partial charge in [0.25, 0.3) is 0 Å². The van der Waals surface area contributed by atoms with Crippen molar-refractivity contribution >= 4 is 28.9 Å². The summed E-state index contributed by atoms with van der Waals surface area (Å²) >= 11 is 0. The predicted molar refractivity (Wildman–Crippen MR) is 139 cm³/mol. The molecule has 2 amide bonds. The summed E-state index contributed by atoms with van der Waals surface area (Å²) in [6.07, 6.45) is 4.52. The van der Waals surface area contributed by atoms with Crippen molar-refractivity contribution in [3.05, 3.63) is 36.0 Å². The van der Waals surface area contributed by atoms with Gasteiger partial charge in [-0.3, -0.25) is 9.59 Å². The van der Waals surface area contributed by atoms with Crippen molar-refractivity contribution in [3.8, 4) is 0 Å². The number of carbonyl (C=O) groups excluding carboxylic acids is 2. The maximum absolute atomic E-state index is 13.9. The van der Waals surface area contributed by atoms with Crippen LogP contribution in [0.5, 0.6) is 0 Å². The summed E-state index contributed by atoms with van der Waals surface area (Å²) in [4.78, 5) is 41.9. The van der Waals surface area contributed by atoms with E-state index in [4.69, 9.17) is 9.47 Å². The molecule has 1 saturated carbocycles. The molecule has 0 radical (unpaired) electrons. The van der Waals surface area contributed by atoms with Crippen LogP contribution >= 0.6 is 0 Å². The Balaban J connectivity index is 1.56. The SMILES string of the molecule is COCCCn1cc(CN(C(=O)[C@@H]2CC(C(=O)O)CN(C(=O)OC(C)(C)C)C2)C2CC2)c2ccccc21. The highest BCUT2D eigenvalue weighted by Gasteiger charge is 2.43. The number of aliphatic carboxylic acids is 1. The van der Waals surface area contributed by atoms with Gasteiger partial charge in [-0.1, -0.05) is 18.2 Å². The molecule has 2 aromatic rings. The van der Waals surface area contributed by atoms with Gasteiger partial charge in [0.1, 0.15) is 5.60 Å². The molecular formula is C28H39N3O6. The Hall–Kier alpha value is -3.07. The fourth-order valence-corrected chi connectivity index (χ4v) is 5.14. The van der Waals surface area contributed by atoms with Gasteiger partial charge < -0.3 is 28.9 Å². The van der Waals surface area contributed by atoms with Crippen LogP contribution in [0.3, 0.4) is 0 Å². The topological polar surface area (TPSA) is 101 Å². The minimum Gasteiger partial charge on any atom is -0.481 e. The van der Waals surface area contributed by atoms with Crippen LogP contribution in [0.1, 0.15) is 52.0 Å². The lowest BCUT2D eigenvalue weighted by Crippen LogP contribution is -2.52. The third kappa shape index (κ3) is 6.63. The average Bonchev–Trinajstić information content (AvgIpc) is 3.63. The van der Waals surface area contributed by atoms with Crippen LogP contribution in [-0.2, 0) is 32.2 Å². The van der Waals surface area contributed by atoms with Gasteiger partial charge in [0.05, 0.1) is 11.8 Å². The highest BCUT2D eigenvalue weighted by Crippen LogP contribution is 2.34. The predicted octanol–water partition coefficient (Wildman–Crippen LogP) is 4.13. The number of amides is 2. The summed E-state index contributed by atoms with van der Waals surface area (Å²) < 4.78 is 12.9. The molecule has 9 heteroatoms. The molecule has 2 fully saturated rings.